The first-order valence-corrected chi connectivity index (χ1v) is 9.24. The van der Waals surface area contributed by atoms with Crippen LogP contribution in [-0.2, 0) is 0 Å². The molecule has 26 heavy (non-hydrogen) atoms. The number of pyridine rings is 1. The second kappa shape index (κ2) is 6.67. The number of nitrogens with one attached hydrogen (secondary N) is 1. The number of ether oxygens (including phenoxy) is 1. The molecule has 0 saturated carbocycles. The maximum atomic E-state index is 12.4. The van der Waals surface area contributed by atoms with Gasteiger partial charge in [0, 0.05) is 24.4 Å². The summed E-state index contributed by atoms with van der Waals surface area (Å²) >= 11 is 2.17. The molecule has 132 valence electrons. The summed E-state index contributed by atoms with van der Waals surface area (Å²) in [6, 6.07) is 8.72. The van der Waals surface area contributed by atoms with E-state index in [9.17, 15) is 9.59 Å². The Labute approximate surface area is 162 Å². The van der Waals surface area contributed by atoms with Crippen LogP contribution in [0.2, 0.25) is 0 Å². The molecule has 1 N–H and O–H groups in total. The van der Waals surface area contributed by atoms with Crippen LogP contribution in [0.4, 0.5) is 0 Å². The minimum atomic E-state index is -0.245. The lowest BCUT2D eigenvalue weighted by Crippen LogP contribution is -2.33. The number of rotatable bonds is 5. The number of carbonyl (C=O) groups excluding carboxylic acids is 2. The van der Waals surface area contributed by atoms with Crippen LogP contribution in [0.3, 0.4) is 0 Å². The summed E-state index contributed by atoms with van der Waals surface area (Å²) in [4.78, 5) is 30.3. The van der Waals surface area contributed by atoms with Gasteiger partial charge in [-0.05, 0) is 41.6 Å². The van der Waals surface area contributed by atoms with Gasteiger partial charge < -0.3 is 4.74 Å². The number of amides is 2. The summed E-state index contributed by atoms with van der Waals surface area (Å²) in [6.07, 6.45) is 1.97. The van der Waals surface area contributed by atoms with Crippen molar-refractivity contribution in [3.63, 3.8) is 0 Å². The minimum absolute atomic E-state index is 0.200. The second-order valence-electron chi connectivity index (χ2n) is 6.10. The van der Waals surface area contributed by atoms with Crippen LogP contribution in [0.5, 0.6) is 5.88 Å². The maximum absolute atomic E-state index is 12.4. The summed E-state index contributed by atoms with van der Waals surface area (Å²) < 4.78 is 6.77. The number of hydrogen-bond acceptors (Lipinski definition) is 5. The van der Waals surface area contributed by atoms with Gasteiger partial charge in [0.05, 0.1) is 23.4 Å². The molecule has 4 rings (SSSR count). The quantitative estimate of drug-likeness (QED) is 0.466. The standard InChI is InChI=1S/C18H15IN4O3/c1-10(26-15-8-13-14(9-20-15)21-22-16(13)19)6-7-23-17(24)11-4-2-3-5-12(11)18(23)25/h2-5,8-10H,6-7H2,1H3,(H,21,22). The summed E-state index contributed by atoms with van der Waals surface area (Å²) in [5, 5.41) is 7.98. The summed E-state index contributed by atoms with van der Waals surface area (Å²) in [5.41, 5.74) is 1.71. The zero-order valence-electron chi connectivity index (χ0n) is 13.9. The van der Waals surface area contributed by atoms with Crippen LogP contribution in [0.15, 0.2) is 36.5 Å². The Morgan fingerprint density at radius 1 is 1.23 bits per heavy atom. The Hall–Kier alpha value is -2.49. The lowest BCUT2D eigenvalue weighted by Gasteiger charge is -2.18. The van der Waals surface area contributed by atoms with Gasteiger partial charge in [0.15, 0.2) is 0 Å². The van der Waals surface area contributed by atoms with Crippen molar-refractivity contribution < 1.29 is 14.3 Å². The Morgan fingerprint density at radius 3 is 2.62 bits per heavy atom. The normalized spacial score (nSPS) is 14.8. The smallest absolute Gasteiger partial charge is 0.261 e. The van der Waals surface area contributed by atoms with Gasteiger partial charge >= 0.3 is 0 Å². The number of H-pyrrole nitrogens is 1. The molecule has 7 nitrogen and oxygen atoms in total. The fourth-order valence-corrected chi connectivity index (χ4v) is 3.50. The molecule has 0 bridgehead atoms. The minimum Gasteiger partial charge on any atom is -0.475 e. The highest BCUT2D eigenvalue weighted by atomic mass is 127. The molecular weight excluding hydrogens is 447 g/mol. The monoisotopic (exact) mass is 462 g/mol. The molecule has 2 aromatic heterocycles. The topological polar surface area (TPSA) is 88.2 Å². The molecule has 1 aliphatic heterocycles. The predicted molar refractivity (Wildman–Crippen MR) is 103 cm³/mol. The fourth-order valence-electron chi connectivity index (χ4n) is 2.95. The highest BCUT2D eigenvalue weighted by molar-refractivity contribution is 14.1. The van der Waals surface area contributed by atoms with Gasteiger partial charge in [0.25, 0.3) is 11.8 Å². The first-order chi connectivity index (χ1) is 12.5. The van der Waals surface area contributed by atoms with Gasteiger partial charge in [0.2, 0.25) is 5.88 Å². The molecule has 1 aromatic carbocycles. The van der Waals surface area contributed by atoms with E-state index in [1.54, 1.807) is 30.5 Å². The van der Waals surface area contributed by atoms with Crippen molar-refractivity contribution in [3.8, 4) is 5.88 Å². The van der Waals surface area contributed by atoms with Crippen molar-refractivity contribution in [3.05, 3.63) is 51.4 Å². The SMILES string of the molecule is CC(CCN1C(=O)c2ccccc2C1=O)Oc1cc2c(I)[nH]nc2cn1. The fraction of sp³-hybridized carbons (Fsp3) is 0.222. The van der Waals surface area contributed by atoms with Crippen molar-refractivity contribution in [1.82, 2.24) is 20.1 Å². The maximum Gasteiger partial charge on any atom is 0.261 e. The van der Waals surface area contributed by atoms with Gasteiger partial charge in [-0.2, -0.15) is 5.10 Å². The van der Waals surface area contributed by atoms with Crippen LogP contribution >= 0.6 is 22.6 Å². The third kappa shape index (κ3) is 2.94. The molecule has 0 aliphatic carbocycles. The van der Waals surface area contributed by atoms with Crippen LogP contribution in [0.25, 0.3) is 10.9 Å². The van der Waals surface area contributed by atoms with Gasteiger partial charge in [0.1, 0.15) is 9.22 Å². The number of carbonyl (C=O) groups is 2. The van der Waals surface area contributed by atoms with E-state index < -0.39 is 0 Å². The Kier molecular flexibility index (Phi) is 4.35. The average molecular weight is 462 g/mol. The highest BCUT2D eigenvalue weighted by Crippen LogP contribution is 2.24. The molecule has 1 unspecified atom stereocenters. The van der Waals surface area contributed by atoms with E-state index in [1.807, 2.05) is 13.0 Å². The molecule has 0 saturated heterocycles. The third-order valence-electron chi connectivity index (χ3n) is 4.33. The number of halogens is 1. The molecule has 2 amide bonds. The van der Waals surface area contributed by atoms with Crippen LogP contribution in [0.1, 0.15) is 34.1 Å². The molecule has 1 aliphatic rings. The Morgan fingerprint density at radius 2 is 1.92 bits per heavy atom. The number of benzene rings is 1. The molecular formula is C18H15IN4O3. The zero-order chi connectivity index (χ0) is 18.3. The number of aromatic nitrogens is 3. The predicted octanol–water partition coefficient (Wildman–Crippen LogP) is 3.02. The third-order valence-corrected chi connectivity index (χ3v) is 5.15. The number of hydrogen-bond donors (Lipinski definition) is 1. The van der Waals surface area contributed by atoms with Gasteiger partial charge in [-0.1, -0.05) is 12.1 Å². The van der Waals surface area contributed by atoms with E-state index >= 15 is 0 Å². The number of fused-ring (bicyclic) bond motifs is 2. The first kappa shape index (κ1) is 17.0. The Bertz CT molecular complexity index is 982. The van der Waals surface area contributed by atoms with E-state index in [0.717, 1.165) is 14.6 Å². The molecule has 0 fully saturated rings. The van der Waals surface area contributed by atoms with Crippen molar-refractivity contribution in [2.75, 3.05) is 6.54 Å². The Balaban J connectivity index is 1.41. The number of aromatic amines is 1. The molecule has 0 spiro atoms. The molecule has 1 atom stereocenters. The van der Waals surface area contributed by atoms with E-state index in [0.29, 0.717) is 30.0 Å². The largest absolute Gasteiger partial charge is 0.475 e. The highest BCUT2D eigenvalue weighted by Gasteiger charge is 2.34. The van der Waals surface area contributed by atoms with Crippen LogP contribution in [0, 0.1) is 3.70 Å². The lowest BCUT2D eigenvalue weighted by molar-refractivity contribution is 0.0633. The second-order valence-corrected chi connectivity index (χ2v) is 7.18. The van der Waals surface area contributed by atoms with E-state index in [-0.39, 0.29) is 17.9 Å². The van der Waals surface area contributed by atoms with E-state index in [2.05, 4.69) is 37.8 Å². The summed E-state index contributed by atoms with van der Waals surface area (Å²) in [6.45, 7) is 2.20. The van der Waals surface area contributed by atoms with Crippen molar-refractivity contribution >= 4 is 45.3 Å². The van der Waals surface area contributed by atoms with Crippen molar-refractivity contribution in [2.45, 2.75) is 19.4 Å². The van der Waals surface area contributed by atoms with Crippen LogP contribution in [-0.4, -0.2) is 44.5 Å². The lowest BCUT2D eigenvalue weighted by atomic mass is 10.1. The van der Waals surface area contributed by atoms with E-state index in [4.69, 9.17) is 4.74 Å². The molecule has 8 heteroatoms. The van der Waals surface area contributed by atoms with Crippen molar-refractivity contribution in [1.29, 1.82) is 0 Å². The average Bonchev–Trinajstić information content (AvgIpc) is 3.12. The summed E-state index contributed by atoms with van der Waals surface area (Å²) in [5.74, 6) is 0.00210. The molecule has 3 aromatic rings. The molecule has 3 heterocycles. The first-order valence-electron chi connectivity index (χ1n) is 8.16. The molecule has 0 radical (unpaired) electrons. The number of imide groups is 1. The van der Waals surface area contributed by atoms with Gasteiger partial charge in [-0.3, -0.25) is 19.6 Å². The van der Waals surface area contributed by atoms with Gasteiger partial charge in [-0.15, -0.1) is 0 Å². The van der Waals surface area contributed by atoms with E-state index in [1.165, 1.54) is 4.90 Å². The number of nitrogens with zero attached hydrogens (tertiary/aromatic N) is 3. The van der Waals surface area contributed by atoms with Gasteiger partial charge in [-0.25, -0.2) is 4.98 Å². The van der Waals surface area contributed by atoms with Crippen molar-refractivity contribution in [2.24, 2.45) is 0 Å². The van der Waals surface area contributed by atoms with Crippen LogP contribution < -0.4 is 4.74 Å². The summed E-state index contributed by atoms with van der Waals surface area (Å²) in [7, 11) is 0. The zero-order valence-corrected chi connectivity index (χ0v) is 16.1.